The number of halogens is 2. The Hall–Kier alpha value is -2.46. The Morgan fingerprint density at radius 3 is 2.50 bits per heavy atom. The molecule has 2 unspecified atom stereocenters. The van der Waals surface area contributed by atoms with E-state index in [0.717, 1.165) is 38.7 Å². The molecule has 2 aromatic rings. The molecule has 198 valence electrons. The van der Waals surface area contributed by atoms with Crippen LogP contribution in [0.4, 0.5) is 15.0 Å². The van der Waals surface area contributed by atoms with Crippen molar-refractivity contribution in [3.05, 3.63) is 17.2 Å². The number of hydrogen-bond donors (Lipinski definition) is 0. The van der Waals surface area contributed by atoms with Crippen LogP contribution in [0.2, 0.25) is 5.15 Å². The van der Waals surface area contributed by atoms with Crippen LogP contribution in [0.15, 0.2) is 6.20 Å². The van der Waals surface area contributed by atoms with E-state index in [2.05, 4.69) is 26.8 Å². The van der Waals surface area contributed by atoms with E-state index in [1.54, 1.807) is 0 Å². The van der Waals surface area contributed by atoms with Crippen molar-refractivity contribution in [2.45, 2.75) is 77.5 Å². The number of hydrogen-bond acceptors (Lipinski definition) is 8. The fraction of sp³-hybridized carbons (Fsp3) is 0.680. The van der Waals surface area contributed by atoms with Crippen molar-refractivity contribution >= 4 is 34.4 Å². The number of ether oxygens (including phenoxy) is 3. The highest BCUT2D eigenvalue weighted by Gasteiger charge is 2.45. The number of unbranched alkanes of at least 4 members (excludes halogenated alkanes) is 1. The predicted octanol–water partition coefficient (Wildman–Crippen LogP) is 4.99. The van der Waals surface area contributed by atoms with Crippen LogP contribution in [-0.2, 0) is 9.47 Å². The summed E-state index contributed by atoms with van der Waals surface area (Å²) in [5.41, 5.74) is -0.490. The van der Waals surface area contributed by atoms with E-state index in [1.807, 2.05) is 25.7 Å². The van der Waals surface area contributed by atoms with Gasteiger partial charge in [0.1, 0.15) is 16.9 Å². The molecule has 2 aromatic heterocycles. The lowest BCUT2D eigenvalue weighted by Crippen LogP contribution is -2.57. The zero-order valence-corrected chi connectivity index (χ0v) is 22.2. The van der Waals surface area contributed by atoms with Crippen molar-refractivity contribution in [3.8, 4) is 6.01 Å². The summed E-state index contributed by atoms with van der Waals surface area (Å²) in [6.07, 6.45) is 5.53. The Morgan fingerprint density at radius 1 is 1.14 bits per heavy atom. The molecule has 1 amide bonds. The third-order valence-electron chi connectivity index (χ3n) is 6.25. The van der Waals surface area contributed by atoms with Gasteiger partial charge in [0.25, 0.3) is 0 Å². The summed E-state index contributed by atoms with van der Waals surface area (Å²) in [6.45, 7) is 10.5. The standard InChI is InChI=1S/C25H35ClFN5O4/c1-5-10-34-11-6-7-12-35-23-29-20-18(13-28-21(26)19(20)27)22(30-23)31-14-16-8-9-17(15-31)32(16)24(33)36-25(2,3)4/h13,16-17H,5-12,14-15H2,1-4H3. The highest BCUT2D eigenvalue weighted by molar-refractivity contribution is 6.30. The lowest BCUT2D eigenvalue weighted by atomic mass is 10.1. The number of pyridine rings is 1. The quantitative estimate of drug-likeness (QED) is 0.335. The van der Waals surface area contributed by atoms with Crippen LogP contribution in [0.3, 0.4) is 0 Å². The van der Waals surface area contributed by atoms with Crippen LogP contribution < -0.4 is 9.64 Å². The third-order valence-corrected chi connectivity index (χ3v) is 6.51. The number of nitrogens with zero attached hydrogens (tertiary/aromatic N) is 5. The molecule has 0 spiro atoms. The molecule has 4 rings (SSSR count). The van der Waals surface area contributed by atoms with Gasteiger partial charge in [-0.3, -0.25) is 4.90 Å². The van der Waals surface area contributed by atoms with Crippen LogP contribution in [0.1, 0.15) is 59.8 Å². The summed E-state index contributed by atoms with van der Waals surface area (Å²) in [6, 6.07) is 0.0393. The second-order valence-corrected chi connectivity index (χ2v) is 10.7. The normalized spacial score (nSPS) is 19.7. The van der Waals surface area contributed by atoms with Gasteiger partial charge in [-0.1, -0.05) is 18.5 Å². The number of carbonyl (C=O) groups excluding carboxylic acids is 1. The molecule has 11 heteroatoms. The van der Waals surface area contributed by atoms with Gasteiger partial charge in [-0.05, 0) is 52.9 Å². The second-order valence-electron chi connectivity index (χ2n) is 10.3. The van der Waals surface area contributed by atoms with Crippen molar-refractivity contribution in [2.75, 3.05) is 37.8 Å². The number of carbonyl (C=O) groups is 1. The molecule has 36 heavy (non-hydrogen) atoms. The van der Waals surface area contributed by atoms with Crippen molar-refractivity contribution in [1.29, 1.82) is 0 Å². The van der Waals surface area contributed by atoms with E-state index in [9.17, 15) is 9.18 Å². The average molecular weight is 524 g/mol. The minimum atomic E-state index is -0.703. The van der Waals surface area contributed by atoms with E-state index in [1.165, 1.54) is 6.20 Å². The highest BCUT2D eigenvalue weighted by Crippen LogP contribution is 2.37. The van der Waals surface area contributed by atoms with E-state index in [0.29, 0.717) is 37.5 Å². The third kappa shape index (κ3) is 6.08. The van der Waals surface area contributed by atoms with Crippen molar-refractivity contribution in [3.63, 3.8) is 0 Å². The van der Waals surface area contributed by atoms with Crippen molar-refractivity contribution < 1.29 is 23.4 Å². The minimum absolute atomic E-state index is 0.0267. The number of anilines is 1. The van der Waals surface area contributed by atoms with Gasteiger partial charge < -0.3 is 19.1 Å². The lowest BCUT2D eigenvalue weighted by molar-refractivity contribution is 0.0123. The maximum atomic E-state index is 14.9. The van der Waals surface area contributed by atoms with Crippen LogP contribution >= 0.6 is 11.6 Å². The Balaban J connectivity index is 1.53. The molecule has 2 fully saturated rings. The van der Waals surface area contributed by atoms with Gasteiger partial charge in [0, 0.05) is 32.5 Å². The van der Waals surface area contributed by atoms with Crippen LogP contribution in [-0.4, -0.2) is 76.5 Å². The molecular weight excluding hydrogens is 489 g/mol. The molecule has 0 N–H and O–H groups in total. The Morgan fingerprint density at radius 2 is 1.83 bits per heavy atom. The molecule has 4 heterocycles. The molecular formula is C25H35ClFN5O4. The maximum Gasteiger partial charge on any atom is 0.410 e. The molecule has 0 radical (unpaired) electrons. The number of amides is 1. The van der Waals surface area contributed by atoms with Gasteiger partial charge in [-0.15, -0.1) is 0 Å². The van der Waals surface area contributed by atoms with Crippen molar-refractivity contribution in [1.82, 2.24) is 19.9 Å². The fourth-order valence-electron chi connectivity index (χ4n) is 4.71. The lowest BCUT2D eigenvalue weighted by Gasteiger charge is -2.42. The Labute approximate surface area is 216 Å². The van der Waals surface area contributed by atoms with E-state index in [-0.39, 0.29) is 34.9 Å². The summed E-state index contributed by atoms with van der Waals surface area (Å²) >= 11 is 5.96. The van der Waals surface area contributed by atoms with Crippen LogP contribution in [0, 0.1) is 5.82 Å². The van der Waals surface area contributed by atoms with E-state index < -0.39 is 11.4 Å². The number of fused-ring (bicyclic) bond motifs is 3. The molecule has 2 aliphatic rings. The first-order valence-electron chi connectivity index (χ1n) is 12.7. The molecule has 9 nitrogen and oxygen atoms in total. The van der Waals surface area contributed by atoms with Gasteiger partial charge in [0.05, 0.1) is 24.1 Å². The van der Waals surface area contributed by atoms with Gasteiger partial charge in [-0.25, -0.2) is 14.2 Å². The van der Waals surface area contributed by atoms with Gasteiger partial charge in [-0.2, -0.15) is 9.97 Å². The number of rotatable bonds is 9. The Bertz CT molecular complexity index is 1070. The van der Waals surface area contributed by atoms with Crippen molar-refractivity contribution in [2.24, 2.45) is 0 Å². The first-order valence-corrected chi connectivity index (χ1v) is 13.0. The highest BCUT2D eigenvalue weighted by atomic mass is 35.5. The zero-order valence-electron chi connectivity index (χ0n) is 21.4. The smallest absolute Gasteiger partial charge is 0.410 e. The fourth-order valence-corrected chi connectivity index (χ4v) is 4.85. The predicted molar refractivity (Wildman–Crippen MR) is 135 cm³/mol. The van der Waals surface area contributed by atoms with Gasteiger partial charge >= 0.3 is 12.1 Å². The SMILES string of the molecule is CCCOCCCCOc1nc(N2CC3CCC(C2)N3C(=O)OC(C)(C)C)c2cnc(Cl)c(F)c2n1. The first-order chi connectivity index (χ1) is 17.2. The number of aromatic nitrogens is 3. The summed E-state index contributed by atoms with van der Waals surface area (Å²) in [5.74, 6) is -0.170. The topological polar surface area (TPSA) is 89.9 Å². The molecule has 0 aromatic carbocycles. The summed E-state index contributed by atoms with van der Waals surface area (Å²) in [4.78, 5) is 29.7. The second kappa shape index (κ2) is 11.3. The molecule has 2 aliphatic heterocycles. The molecule has 2 bridgehead atoms. The molecule has 0 aliphatic carbocycles. The van der Waals surface area contributed by atoms with Gasteiger partial charge in [0.2, 0.25) is 0 Å². The number of piperazine rings is 1. The van der Waals surface area contributed by atoms with Gasteiger partial charge in [0.15, 0.2) is 11.0 Å². The Kier molecular flexibility index (Phi) is 8.34. The zero-order chi connectivity index (χ0) is 25.9. The van der Waals surface area contributed by atoms with E-state index in [4.69, 9.17) is 25.8 Å². The van der Waals surface area contributed by atoms with Crippen LogP contribution in [0.5, 0.6) is 6.01 Å². The van der Waals surface area contributed by atoms with E-state index >= 15 is 0 Å². The summed E-state index contributed by atoms with van der Waals surface area (Å²) in [5, 5.41) is 0.211. The molecule has 2 saturated heterocycles. The first kappa shape index (κ1) is 26.6. The maximum absolute atomic E-state index is 14.9. The summed E-state index contributed by atoms with van der Waals surface area (Å²) in [7, 11) is 0. The molecule has 0 saturated carbocycles. The molecule has 2 atom stereocenters. The largest absolute Gasteiger partial charge is 0.463 e. The average Bonchev–Trinajstić information content (AvgIpc) is 3.09. The van der Waals surface area contributed by atoms with Crippen LogP contribution in [0.25, 0.3) is 10.9 Å². The summed E-state index contributed by atoms with van der Waals surface area (Å²) < 4.78 is 31.9. The minimum Gasteiger partial charge on any atom is -0.463 e. The monoisotopic (exact) mass is 523 g/mol.